The van der Waals surface area contributed by atoms with Crippen LogP contribution in [-0.4, -0.2) is 71.8 Å². The highest BCUT2D eigenvalue weighted by atomic mass is 32.2. The van der Waals surface area contributed by atoms with Crippen LogP contribution in [0.2, 0.25) is 0 Å². The zero-order valence-electron chi connectivity index (χ0n) is 22.7. The smallest absolute Gasteiger partial charge is 0.256 e. The van der Waals surface area contributed by atoms with E-state index < -0.39 is 10.0 Å². The molecule has 2 N–H and O–H groups in total. The number of fused-ring (bicyclic) bond motifs is 1. The van der Waals surface area contributed by atoms with Crippen LogP contribution in [0.15, 0.2) is 30.5 Å². The van der Waals surface area contributed by atoms with Crippen LogP contribution < -0.4 is 14.9 Å². The van der Waals surface area contributed by atoms with E-state index in [2.05, 4.69) is 35.7 Å². The van der Waals surface area contributed by atoms with Gasteiger partial charge in [-0.15, -0.1) is 0 Å². The number of carbonyl (C=O) groups is 1. The maximum atomic E-state index is 13.9. The molecule has 1 amide bonds. The molecule has 2 unspecified atom stereocenters. The maximum absolute atomic E-state index is 13.9. The van der Waals surface area contributed by atoms with Crippen molar-refractivity contribution in [3.63, 3.8) is 0 Å². The summed E-state index contributed by atoms with van der Waals surface area (Å²) < 4.78 is 28.2. The first kappa shape index (κ1) is 26.4. The molecule has 0 spiro atoms. The number of anilines is 2. The van der Waals surface area contributed by atoms with Crippen LogP contribution in [-0.2, 0) is 10.0 Å². The van der Waals surface area contributed by atoms with Crippen LogP contribution in [0.3, 0.4) is 0 Å². The minimum Gasteiger partial charge on any atom is -0.353 e. The minimum atomic E-state index is -3.54. The van der Waals surface area contributed by atoms with Crippen LogP contribution in [0.1, 0.15) is 66.3 Å². The van der Waals surface area contributed by atoms with Crippen LogP contribution in [0.25, 0.3) is 5.65 Å². The topological polar surface area (TPSA) is 112 Å². The van der Waals surface area contributed by atoms with Crippen molar-refractivity contribution < 1.29 is 13.2 Å². The molecule has 10 nitrogen and oxygen atoms in total. The van der Waals surface area contributed by atoms with E-state index in [4.69, 9.17) is 10.1 Å². The van der Waals surface area contributed by atoms with Crippen molar-refractivity contribution in [1.82, 2.24) is 24.8 Å². The van der Waals surface area contributed by atoms with Gasteiger partial charge < -0.3 is 15.1 Å². The Morgan fingerprint density at radius 3 is 2.55 bits per heavy atom. The number of aromatic nitrogens is 3. The van der Waals surface area contributed by atoms with Crippen molar-refractivity contribution in [3.05, 3.63) is 52.8 Å². The standard InChI is InChI=1S/C27H37N7O3S/c1-17-9-10-22(31-38(5,36)37)21(12-17)27(35)33-11-7-6-8-24(33)23-13-25-29-26(18(2)14-34(25)30-23)32-15-19(3)28-20(4)16-32/h9-10,12-14,19-20,24,28,31H,6-8,11,15-16H2,1-5H3/t19?,20?,24-/m0/s1. The number of amides is 1. The highest BCUT2D eigenvalue weighted by Crippen LogP contribution is 2.34. The molecule has 204 valence electrons. The van der Waals surface area contributed by atoms with Crippen LogP contribution in [0.4, 0.5) is 11.5 Å². The fourth-order valence-electron chi connectivity index (χ4n) is 5.76. The molecule has 2 saturated heterocycles. The molecule has 2 fully saturated rings. The van der Waals surface area contributed by atoms with Gasteiger partial charge in [0.05, 0.1) is 29.2 Å². The van der Waals surface area contributed by atoms with E-state index in [0.29, 0.717) is 29.9 Å². The van der Waals surface area contributed by atoms with E-state index in [1.807, 2.05) is 28.6 Å². The lowest BCUT2D eigenvalue weighted by atomic mass is 9.97. The van der Waals surface area contributed by atoms with Crippen molar-refractivity contribution in [2.75, 3.05) is 35.5 Å². The first-order valence-electron chi connectivity index (χ1n) is 13.3. The molecule has 5 rings (SSSR count). The molecule has 0 aliphatic carbocycles. The molecule has 4 heterocycles. The highest BCUT2D eigenvalue weighted by Gasteiger charge is 2.32. The predicted molar refractivity (Wildman–Crippen MR) is 149 cm³/mol. The second kappa shape index (κ2) is 10.2. The third-order valence-electron chi connectivity index (χ3n) is 7.29. The van der Waals surface area contributed by atoms with Gasteiger partial charge in [-0.25, -0.2) is 17.9 Å². The maximum Gasteiger partial charge on any atom is 0.256 e. The van der Waals surface area contributed by atoms with E-state index in [1.165, 1.54) is 0 Å². The second-order valence-electron chi connectivity index (χ2n) is 10.9. The number of aryl methyl sites for hydroxylation is 2. The minimum absolute atomic E-state index is 0.199. The Kier molecular flexibility index (Phi) is 7.08. The summed E-state index contributed by atoms with van der Waals surface area (Å²) in [6.07, 6.45) is 5.76. The monoisotopic (exact) mass is 539 g/mol. The number of nitrogens with one attached hydrogen (secondary N) is 2. The summed E-state index contributed by atoms with van der Waals surface area (Å²) in [6, 6.07) is 7.72. The number of rotatable bonds is 5. The summed E-state index contributed by atoms with van der Waals surface area (Å²) in [5, 5.41) is 8.43. The average molecular weight is 540 g/mol. The van der Waals surface area contributed by atoms with Gasteiger partial charge >= 0.3 is 0 Å². The van der Waals surface area contributed by atoms with Gasteiger partial charge in [0, 0.05) is 49.5 Å². The van der Waals surface area contributed by atoms with Gasteiger partial charge in [0.2, 0.25) is 10.0 Å². The Morgan fingerprint density at radius 2 is 1.84 bits per heavy atom. The first-order chi connectivity index (χ1) is 18.0. The van der Waals surface area contributed by atoms with Gasteiger partial charge in [0.15, 0.2) is 5.65 Å². The molecule has 0 saturated carbocycles. The molecule has 0 radical (unpaired) electrons. The molecule has 11 heteroatoms. The molecule has 2 aliphatic heterocycles. The molecule has 2 aromatic heterocycles. The van der Waals surface area contributed by atoms with Gasteiger partial charge in [-0.05, 0) is 59.1 Å². The Morgan fingerprint density at radius 1 is 1.11 bits per heavy atom. The zero-order chi connectivity index (χ0) is 27.2. The van der Waals surface area contributed by atoms with Crippen molar-refractivity contribution in [3.8, 4) is 0 Å². The first-order valence-corrected chi connectivity index (χ1v) is 15.1. The Labute approximate surface area is 224 Å². The summed E-state index contributed by atoms with van der Waals surface area (Å²) in [5.74, 6) is 0.771. The number of piperazine rings is 1. The number of carbonyl (C=O) groups excluding carboxylic acids is 1. The third-order valence-corrected chi connectivity index (χ3v) is 7.88. The van der Waals surface area contributed by atoms with Crippen LogP contribution in [0, 0.1) is 13.8 Å². The lowest BCUT2D eigenvalue weighted by Crippen LogP contribution is -2.54. The van der Waals surface area contributed by atoms with E-state index in [9.17, 15) is 13.2 Å². The molecule has 38 heavy (non-hydrogen) atoms. The summed E-state index contributed by atoms with van der Waals surface area (Å²) in [5.41, 5.74) is 4.15. The number of benzene rings is 1. The highest BCUT2D eigenvalue weighted by molar-refractivity contribution is 7.92. The lowest BCUT2D eigenvalue weighted by molar-refractivity contribution is 0.0606. The number of likely N-dealkylation sites (tertiary alicyclic amines) is 1. The second-order valence-corrected chi connectivity index (χ2v) is 12.7. The number of hydrogen-bond acceptors (Lipinski definition) is 7. The molecule has 1 aromatic carbocycles. The third kappa shape index (κ3) is 5.49. The van der Waals surface area contributed by atoms with Gasteiger partial charge in [0.1, 0.15) is 5.82 Å². The summed E-state index contributed by atoms with van der Waals surface area (Å²) in [6.45, 7) is 10.7. The van der Waals surface area contributed by atoms with E-state index in [-0.39, 0.29) is 11.9 Å². The largest absolute Gasteiger partial charge is 0.353 e. The Balaban J connectivity index is 1.48. The number of hydrogen-bond donors (Lipinski definition) is 2. The number of piperidine rings is 1. The summed E-state index contributed by atoms with van der Waals surface area (Å²) >= 11 is 0. The summed E-state index contributed by atoms with van der Waals surface area (Å²) in [7, 11) is -3.54. The van der Waals surface area contributed by atoms with Crippen molar-refractivity contribution >= 4 is 33.1 Å². The number of nitrogens with zero attached hydrogens (tertiary/aromatic N) is 5. The van der Waals surface area contributed by atoms with E-state index in [1.54, 1.807) is 18.2 Å². The molecule has 3 aromatic rings. The van der Waals surface area contributed by atoms with E-state index in [0.717, 1.165) is 66.9 Å². The average Bonchev–Trinajstić information content (AvgIpc) is 3.25. The van der Waals surface area contributed by atoms with Crippen LogP contribution >= 0.6 is 0 Å². The molecule has 2 aliphatic rings. The number of sulfonamides is 1. The molecule has 3 atom stereocenters. The van der Waals surface area contributed by atoms with Crippen molar-refractivity contribution in [1.29, 1.82) is 0 Å². The quantitative estimate of drug-likeness (QED) is 0.512. The van der Waals surface area contributed by atoms with Gasteiger partial charge in [-0.3, -0.25) is 9.52 Å². The summed E-state index contributed by atoms with van der Waals surface area (Å²) in [4.78, 5) is 23.0. The zero-order valence-corrected chi connectivity index (χ0v) is 23.5. The van der Waals surface area contributed by atoms with Gasteiger partial charge in [-0.2, -0.15) is 5.10 Å². The van der Waals surface area contributed by atoms with Crippen LogP contribution in [0.5, 0.6) is 0 Å². The molecule has 0 bridgehead atoms. The molecular weight excluding hydrogens is 502 g/mol. The van der Waals surface area contributed by atoms with Crippen molar-refractivity contribution in [2.24, 2.45) is 0 Å². The van der Waals surface area contributed by atoms with Crippen molar-refractivity contribution in [2.45, 2.75) is 65.1 Å². The fourth-order valence-corrected chi connectivity index (χ4v) is 6.34. The SMILES string of the molecule is Cc1ccc(NS(C)(=O)=O)c(C(=O)N2CCCC[C@H]2c2cc3nc(N4CC(C)NC(C)C4)c(C)cn3n2)c1. The lowest BCUT2D eigenvalue weighted by Gasteiger charge is -2.37. The Hall–Kier alpha value is -3.18. The molecular formula is C27H37N7O3S. The fraction of sp³-hybridized carbons (Fsp3) is 0.519. The Bertz CT molecular complexity index is 1460. The van der Waals surface area contributed by atoms with Gasteiger partial charge in [-0.1, -0.05) is 11.6 Å². The van der Waals surface area contributed by atoms with Gasteiger partial charge in [0.25, 0.3) is 5.91 Å². The normalized spacial score (nSPS) is 22.6. The van der Waals surface area contributed by atoms with E-state index >= 15 is 0 Å². The predicted octanol–water partition coefficient (Wildman–Crippen LogP) is 3.27.